The molecular formula is C10H12BrN3S. The number of nitrogens with zero attached hydrogens (tertiary/aromatic N) is 1. The van der Waals surface area contributed by atoms with E-state index in [1.165, 1.54) is 4.88 Å². The number of thiophene rings is 1. The van der Waals surface area contributed by atoms with Crippen molar-refractivity contribution in [2.75, 3.05) is 5.73 Å². The largest absolute Gasteiger partial charge is 0.382 e. The molecule has 2 aromatic heterocycles. The highest BCUT2D eigenvalue weighted by Crippen LogP contribution is 2.36. The van der Waals surface area contributed by atoms with Crippen molar-refractivity contribution in [2.45, 2.75) is 19.8 Å². The molecule has 5 heteroatoms. The average molecular weight is 286 g/mol. The number of nitrogens with one attached hydrogen (secondary N) is 1. The zero-order chi connectivity index (χ0) is 10.8. The topological polar surface area (TPSA) is 54.7 Å². The average Bonchev–Trinajstić information content (AvgIpc) is 2.76. The molecule has 0 aliphatic carbocycles. The fourth-order valence-electron chi connectivity index (χ4n) is 1.54. The number of anilines is 1. The van der Waals surface area contributed by atoms with E-state index >= 15 is 0 Å². The predicted octanol–water partition coefficient (Wildman–Crippen LogP) is 3.44. The van der Waals surface area contributed by atoms with Gasteiger partial charge in [0.1, 0.15) is 5.82 Å². The van der Waals surface area contributed by atoms with Gasteiger partial charge in [-0.25, -0.2) is 0 Å². The van der Waals surface area contributed by atoms with Crippen molar-refractivity contribution in [3.63, 3.8) is 0 Å². The van der Waals surface area contributed by atoms with Crippen LogP contribution >= 0.6 is 27.3 Å². The Labute approximate surface area is 101 Å². The number of rotatable bonds is 3. The molecular weight excluding hydrogens is 274 g/mol. The van der Waals surface area contributed by atoms with Crippen LogP contribution in [0.5, 0.6) is 0 Å². The molecule has 0 saturated carbocycles. The number of hydrogen-bond donors (Lipinski definition) is 2. The van der Waals surface area contributed by atoms with Crippen molar-refractivity contribution >= 4 is 33.1 Å². The van der Waals surface area contributed by atoms with Gasteiger partial charge in [-0.2, -0.15) is 5.10 Å². The lowest BCUT2D eigenvalue weighted by molar-refractivity contribution is 0.927. The van der Waals surface area contributed by atoms with Crippen LogP contribution in [0, 0.1) is 0 Å². The van der Waals surface area contributed by atoms with Crippen LogP contribution in [-0.4, -0.2) is 10.2 Å². The van der Waals surface area contributed by atoms with Crippen LogP contribution in [0.15, 0.2) is 15.9 Å². The second-order valence-corrected chi connectivity index (χ2v) is 5.08. The Bertz CT molecular complexity index is 461. The van der Waals surface area contributed by atoms with Crippen molar-refractivity contribution in [3.8, 4) is 10.6 Å². The molecule has 80 valence electrons. The van der Waals surface area contributed by atoms with Crippen LogP contribution in [0.3, 0.4) is 0 Å². The Balaban J connectivity index is 2.49. The van der Waals surface area contributed by atoms with E-state index in [0.717, 1.165) is 28.6 Å². The minimum Gasteiger partial charge on any atom is -0.382 e. The quantitative estimate of drug-likeness (QED) is 0.908. The molecule has 2 aromatic rings. The van der Waals surface area contributed by atoms with E-state index < -0.39 is 0 Å². The lowest BCUT2D eigenvalue weighted by Crippen LogP contribution is -1.92. The molecule has 0 amide bonds. The fourth-order valence-corrected chi connectivity index (χ4v) is 3.14. The third-order valence-corrected chi connectivity index (χ3v) is 4.10. The van der Waals surface area contributed by atoms with E-state index in [1.54, 1.807) is 11.3 Å². The maximum atomic E-state index is 5.83. The van der Waals surface area contributed by atoms with Gasteiger partial charge >= 0.3 is 0 Å². The molecule has 0 unspecified atom stereocenters. The van der Waals surface area contributed by atoms with Gasteiger partial charge in [0.15, 0.2) is 0 Å². The van der Waals surface area contributed by atoms with Crippen LogP contribution < -0.4 is 5.73 Å². The summed E-state index contributed by atoms with van der Waals surface area (Å²) in [7, 11) is 0. The molecule has 0 aliphatic rings. The number of aromatic amines is 1. The Morgan fingerprint density at radius 1 is 1.60 bits per heavy atom. The summed E-state index contributed by atoms with van der Waals surface area (Å²) in [6.07, 6.45) is 2.03. The number of halogens is 1. The maximum Gasteiger partial charge on any atom is 0.149 e. The van der Waals surface area contributed by atoms with Crippen LogP contribution in [0.25, 0.3) is 10.6 Å². The lowest BCUT2D eigenvalue weighted by Gasteiger charge is -2.00. The zero-order valence-electron chi connectivity index (χ0n) is 8.38. The van der Waals surface area contributed by atoms with E-state index in [0.29, 0.717) is 5.82 Å². The van der Waals surface area contributed by atoms with Crippen LogP contribution in [0.2, 0.25) is 0 Å². The molecule has 15 heavy (non-hydrogen) atoms. The first kappa shape index (κ1) is 10.7. The Morgan fingerprint density at radius 3 is 3.00 bits per heavy atom. The number of hydrogen-bond acceptors (Lipinski definition) is 3. The van der Waals surface area contributed by atoms with Crippen LogP contribution in [0.4, 0.5) is 5.82 Å². The number of aromatic nitrogens is 2. The van der Waals surface area contributed by atoms with Crippen molar-refractivity contribution in [1.29, 1.82) is 0 Å². The van der Waals surface area contributed by atoms with E-state index in [9.17, 15) is 0 Å². The second kappa shape index (κ2) is 4.37. The smallest absolute Gasteiger partial charge is 0.149 e. The fraction of sp³-hybridized carbons (Fsp3) is 0.300. The van der Waals surface area contributed by atoms with Gasteiger partial charge in [-0.05, 0) is 33.8 Å². The third kappa shape index (κ3) is 1.94. The Kier molecular flexibility index (Phi) is 3.11. The van der Waals surface area contributed by atoms with Gasteiger partial charge in [0.25, 0.3) is 0 Å². The van der Waals surface area contributed by atoms with Crippen molar-refractivity contribution < 1.29 is 0 Å². The van der Waals surface area contributed by atoms with E-state index in [1.807, 2.05) is 11.4 Å². The molecule has 0 aliphatic heterocycles. The zero-order valence-corrected chi connectivity index (χ0v) is 10.8. The van der Waals surface area contributed by atoms with Gasteiger partial charge in [-0.1, -0.05) is 13.3 Å². The number of nitrogen functional groups attached to an aromatic ring is 1. The summed E-state index contributed by atoms with van der Waals surface area (Å²) in [6, 6.07) is 2.03. The number of nitrogens with two attached hydrogens (primary N) is 1. The molecule has 0 radical (unpaired) electrons. The molecule has 0 spiro atoms. The molecule has 0 fully saturated rings. The molecule has 3 nitrogen and oxygen atoms in total. The molecule has 0 saturated heterocycles. The first-order valence-corrected chi connectivity index (χ1v) is 6.47. The van der Waals surface area contributed by atoms with E-state index in [-0.39, 0.29) is 0 Å². The monoisotopic (exact) mass is 285 g/mol. The minimum absolute atomic E-state index is 0.618. The highest BCUT2D eigenvalue weighted by molar-refractivity contribution is 9.10. The summed E-state index contributed by atoms with van der Waals surface area (Å²) >= 11 is 5.20. The summed E-state index contributed by atoms with van der Waals surface area (Å²) in [5.41, 5.74) is 8.01. The third-order valence-electron chi connectivity index (χ3n) is 2.24. The summed E-state index contributed by atoms with van der Waals surface area (Å²) < 4.78 is 1.09. The van der Waals surface area contributed by atoms with Gasteiger partial charge in [-0.3, -0.25) is 5.10 Å². The van der Waals surface area contributed by atoms with Crippen molar-refractivity contribution in [1.82, 2.24) is 10.2 Å². The predicted molar refractivity (Wildman–Crippen MR) is 68.0 cm³/mol. The van der Waals surface area contributed by atoms with Gasteiger partial charge in [0, 0.05) is 10.0 Å². The summed E-state index contributed by atoms with van der Waals surface area (Å²) in [5.74, 6) is 0.618. The van der Waals surface area contributed by atoms with Crippen molar-refractivity contribution in [3.05, 3.63) is 21.5 Å². The van der Waals surface area contributed by atoms with Crippen LogP contribution in [0.1, 0.15) is 18.9 Å². The molecule has 0 atom stereocenters. The SMILES string of the molecule is CCCc1c(N)n[nH]c1-c1sccc1Br. The molecule has 2 heterocycles. The Morgan fingerprint density at radius 2 is 2.40 bits per heavy atom. The summed E-state index contributed by atoms with van der Waals surface area (Å²) in [5, 5.41) is 9.13. The highest BCUT2D eigenvalue weighted by atomic mass is 79.9. The van der Waals surface area contributed by atoms with E-state index in [2.05, 4.69) is 33.1 Å². The Hall–Kier alpha value is -0.810. The van der Waals surface area contributed by atoms with Gasteiger partial charge in [0.05, 0.1) is 10.6 Å². The maximum absolute atomic E-state index is 5.83. The lowest BCUT2D eigenvalue weighted by atomic mass is 10.1. The standard InChI is InChI=1S/C10H12BrN3S/c1-2-3-6-8(13-14-10(6)12)9-7(11)4-5-15-9/h4-5H,2-3H2,1H3,(H3,12,13,14). The van der Waals surface area contributed by atoms with Gasteiger partial charge in [-0.15, -0.1) is 11.3 Å². The molecule has 0 bridgehead atoms. The van der Waals surface area contributed by atoms with Crippen molar-refractivity contribution in [2.24, 2.45) is 0 Å². The minimum atomic E-state index is 0.618. The first-order valence-electron chi connectivity index (χ1n) is 4.80. The highest BCUT2D eigenvalue weighted by Gasteiger charge is 2.14. The normalized spacial score (nSPS) is 10.8. The van der Waals surface area contributed by atoms with E-state index in [4.69, 9.17) is 5.73 Å². The van der Waals surface area contributed by atoms with Gasteiger partial charge in [0.2, 0.25) is 0 Å². The molecule has 2 rings (SSSR count). The summed E-state index contributed by atoms with van der Waals surface area (Å²) in [6.45, 7) is 2.14. The molecule has 0 aromatic carbocycles. The number of H-pyrrole nitrogens is 1. The second-order valence-electron chi connectivity index (χ2n) is 3.31. The summed E-state index contributed by atoms with van der Waals surface area (Å²) in [4.78, 5) is 1.17. The van der Waals surface area contributed by atoms with Crippen LogP contribution in [-0.2, 0) is 6.42 Å². The first-order chi connectivity index (χ1) is 7.24. The van der Waals surface area contributed by atoms with Gasteiger partial charge < -0.3 is 5.73 Å². The molecule has 3 N–H and O–H groups in total.